The maximum absolute atomic E-state index is 12.3. The van der Waals surface area contributed by atoms with E-state index in [-0.39, 0.29) is 24.8 Å². The Kier molecular flexibility index (Phi) is 7.49. The number of hydrogen-bond acceptors (Lipinski definition) is 4. The van der Waals surface area contributed by atoms with Gasteiger partial charge in [-0.1, -0.05) is 23.7 Å². The zero-order valence-corrected chi connectivity index (χ0v) is 16.4. The number of nitrogens with zero attached hydrogens (tertiary/aromatic N) is 1. The molecule has 0 radical (unpaired) electrons. The summed E-state index contributed by atoms with van der Waals surface area (Å²) in [4.78, 5) is 26.0. The molecule has 0 saturated heterocycles. The Bertz CT molecular complexity index is 793. The highest BCUT2D eigenvalue weighted by Crippen LogP contribution is 2.31. The molecule has 0 aliphatic rings. The molecule has 144 valence electrons. The number of ether oxygens (including phenoxy) is 2. The molecule has 27 heavy (non-hydrogen) atoms. The summed E-state index contributed by atoms with van der Waals surface area (Å²) in [5.74, 6) is 0.898. The fourth-order valence-electron chi connectivity index (χ4n) is 2.60. The number of benzene rings is 2. The quantitative estimate of drug-likeness (QED) is 0.751. The Hall–Kier alpha value is -2.73. The number of carbonyl (C=O) groups excluding carboxylic acids is 2. The Labute approximate surface area is 164 Å². The first kappa shape index (κ1) is 20.6. The summed E-state index contributed by atoms with van der Waals surface area (Å²) in [6.45, 7) is 0.629. The van der Waals surface area contributed by atoms with E-state index in [1.807, 2.05) is 12.1 Å². The van der Waals surface area contributed by atoms with Crippen LogP contribution >= 0.6 is 11.6 Å². The van der Waals surface area contributed by atoms with Crippen LogP contribution in [0.3, 0.4) is 0 Å². The van der Waals surface area contributed by atoms with Crippen molar-refractivity contribution in [3.63, 3.8) is 0 Å². The molecule has 2 aromatic carbocycles. The van der Waals surface area contributed by atoms with E-state index in [1.165, 1.54) is 0 Å². The average molecular weight is 391 g/mol. The molecule has 0 spiro atoms. The fraction of sp³-hybridized carbons (Fsp3) is 0.300. The molecule has 1 N–H and O–H groups in total. The maximum atomic E-state index is 12.3. The lowest BCUT2D eigenvalue weighted by Crippen LogP contribution is -2.32. The van der Waals surface area contributed by atoms with E-state index in [1.54, 1.807) is 56.5 Å². The van der Waals surface area contributed by atoms with Gasteiger partial charge in [-0.05, 0) is 30.3 Å². The van der Waals surface area contributed by atoms with Crippen molar-refractivity contribution < 1.29 is 19.1 Å². The molecule has 2 aromatic rings. The Morgan fingerprint density at radius 2 is 1.78 bits per heavy atom. The first-order valence-electron chi connectivity index (χ1n) is 8.44. The second kappa shape index (κ2) is 9.83. The van der Waals surface area contributed by atoms with Crippen molar-refractivity contribution in [2.24, 2.45) is 0 Å². The number of amides is 2. The SMILES string of the molecule is COc1cccc(CN(C)C(=O)CCNC(=O)c2ccc(Cl)cc2)c1OC. The van der Waals surface area contributed by atoms with Gasteiger partial charge in [0.1, 0.15) is 0 Å². The van der Waals surface area contributed by atoms with Gasteiger partial charge in [0, 0.05) is 42.7 Å². The normalized spacial score (nSPS) is 10.2. The number of hydrogen-bond donors (Lipinski definition) is 1. The lowest BCUT2D eigenvalue weighted by Gasteiger charge is -2.20. The van der Waals surface area contributed by atoms with Gasteiger partial charge in [-0.25, -0.2) is 0 Å². The van der Waals surface area contributed by atoms with E-state index in [2.05, 4.69) is 5.32 Å². The van der Waals surface area contributed by atoms with E-state index in [0.29, 0.717) is 28.6 Å². The number of rotatable bonds is 8. The third kappa shape index (κ3) is 5.62. The average Bonchev–Trinajstić information content (AvgIpc) is 2.67. The molecular formula is C20H23ClN2O4. The van der Waals surface area contributed by atoms with Gasteiger partial charge in [0.25, 0.3) is 5.91 Å². The van der Waals surface area contributed by atoms with E-state index >= 15 is 0 Å². The number of nitrogens with one attached hydrogen (secondary N) is 1. The summed E-state index contributed by atoms with van der Waals surface area (Å²) >= 11 is 5.81. The minimum atomic E-state index is -0.239. The second-order valence-corrected chi connectivity index (χ2v) is 6.35. The van der Waals surface area contributed by atoms with Gasteiger partial charge in [0.2, 0.25) is 5.91 Å². The Balaban J connectivity index is 1.87. The van der Waals surface area contributed by atoms with Gasteiger partial charge in [-0.3, -0.25) is 9.59 Å². The van der Waals surface area contributed by atoms with Gasteiger partial charge in [0.05, 0.1) is 14.2 Å². The zero-order chi connectivity index (χ0) is 19.8. The summed E-state index contributed by atoms with van der Waals surface area (Å²) < 4.78 is 10.7. The minimum Gasteiger partial charge on any atom is -0.493 e. The van der Waals surface area contributed by atoms with Gasteiger partial charge in [0.15, 0.2) is 11.5 Å². The first-order chi connectivity index (χ1) is 13.0. The molecule has 0 saturated carbocycles. The number of methoxy groups -OCH3 is 2. The molecule has 0 bridgehead atoms. The van der Waals surface area contributed by atoms with Crippen molar-refractivity contribution in [2.45, 2.75) is 13.0 Å². The van der Waals surface area contributed by atoms with Crippen LogP contribution in [-0.4, -0.2) is 44.5 Å². The molecule has 0 aromatic heterocycles. The Morgan fingerprint density at radius 1 is 1.07 bits per heavy atom. The molecule has 7 heteroatoms. The van der Waals surface area contributed by atoms with Crippen LogP contribution in [0.4, 0.5) is 0 Å². The largest absolute Gasteiger partial charge is 0.493 e. The van der Waals surface area contributed by atoms with Crippen LogP contribution in [0.5, 0.6) is 11.5 Å². The van der Waals surface area contributed by atoms with Crippen molar-refractivity contribution in [3.8, 4) is 11.5 Å². The lowest BCUT2D eigenvalue weighted by atomic mass is 10.1. The van der Waals surface area contributed by atoms with Crippen LogP contribution in [0.15, 0.2) is 42.5 Å². The fourth-order valence-corrected chi connectivity index (χ4v) is 2.73. The van der Waals surface area contributed by atoms with Crippen LogP contribution in [0.2, 0.25) is 5.02 Å². The summed E-state index contributed by atoms with van der Waals surface area (Å²) in [5, 5.41) is 3.30. The van der Waals surface area contributed by atoms with E-state index < -0.39 is 0 Å². The van der Waals surface area contributed by atoms with Crippen LogP contribution in [0.1, 0.15) is 22.3 Å². The second-order valence-electron chi connectivity index (χ2n) is 5.92. The maximum Gasteiger partial charge on any atom is 0.251 e. The molecular weight excluding hydrogens is 368 g/mol. The molecule has 2 amide bonds. The summed E-state index contributed by atoms with van der Waals surface area (Å²) in [6, 6.07) is 12.1. The van der Waals surface area contributed by atoms with E-state index in [4.69, 9.17) is 21.1 Å². The topological polar surface area (TPSA) is 67.9 Å². The van der Waals surface area contributed by atoms with Crippen LogP contribution in [-0.2, 0) is 11.3 Å². The van der Waals surface area contributed by atoms with Crippen molar-refractivity contribution in [2.75, 3.05) is 27.8 Å². The number of halogens is 1. The van der Waals surface area contributed by atoms with Crippen molar-refractivity contribution in [1.29, 1.82) is 0 Å². The van der Waals surface area contributed by atoms with Gasteiger partial charge >= 0.3 is 0 Å². The summed E-state index contributed by atoms with van der Waals surface area (Å²) in [6.07, 6.45) is 0.197. The molecule has 2 rings (SSSR count). The highest BCUT2D eigenvalue weighted by molar-refractivity contribution is 6.30. The zero-order valence-electron chi connectivity index (χ0n) is 15.6. The molecule has 0 heterocycles. The third-order valence-electron chi connectivity index (χ3n) is 4.05. The summed E-state index contributed by atoms with van der Waals surface area (Å²) in [7, 11) is 4.84. The molecule has 0 unspecified atom stereocenters. The molecule has 0 fully saturated rings. The van der Waals surface area contributed by atoms with Gasteiger partial charge < -0.3 is 19.7 Å². The van der Waals surface area contributed by atoms with E-state index in [0.717, 1.165) is 5.56 Å². The lowest BCUT2D eigenvalue weighted by molar-refractivity contribution is -0.130. The van der Waals surface area contributed by atoms with Crippen molar-refractivity contribution in [3.05, 3.63) is 58.6 Å². The Morgan fingerprint density at radius 3 is 2.41 bits per heavy atom. The first-order valence-corrected chi connectivity index (χ1v) is 8.81. The standard InChI is InChI=1S/C20H23ClN2O4/c1-23(13-15-5-4-6-17(26-2)19(15)27-3)18(24)11-12-22-20(25)14-7-9-16(21)10-8-14/h4-10H,11-13H2,1-3H3,(H,22,25). The summed E-state index contributed by atoms with van der Waals surface area (Å²) in [5.41, 5.74) is 1.35. The van der Waals surface area contributed by atoms with Gasteiger partial charge in [-0.15, -0.1) is 0 Å². The predicted octanol–water partition coefficient (Wildman–Crippen LogP) is 3.14. The number of carbonyl (C=O) groups is 2. The van der Waals surface area contributed by atoms with Crippen LogP contribution < -0.4 is 14.8 Å². The van der Waals surface area contributed by atoms with Gasteiger partial charge in [-0.2, -0.15) is 0 Å². The monoisotopic (exact) mass is 390 g/mol. The minimum absolute atomic E-state index is 0.0868. The van der Waals surface area contributed by atoms with Crippen LogP contribution in [0, 0.1) is 0 Å². The molecule has 6 nitrogen and oxygen atoms in total. The highest BCUT2D eigenvalue weighted by atomic mass is 35.5. The smallest absolute Gasteiger partial charge is 0.251 e. The number of para-hydroxylation sites is 1. The molecule has 0 aliphatic carbocycles. The molecule has 0 aliphatic heterocycles. The third-order valence-corrected chi connectivity index (χ3v) is 4.30. The van der Waals surface area contributed by atoms with Crippen molar-refractivity contribution >= 4 is 23.4 Å². The van der Waals surface area contributed by atoms with E-state index in [9.17, 15) is 9.59 Å². The predicted molar refractivity (Wildman–Crippen MR) is 104 cm³/mol. The van der Waals surface area contributed by atoms with Crippen molar-refractivity contribution in [1.82, 2.24) is 10.2 Å². The van der Waals surface area contributed by atoms with Crippen LogP contribution in [0.25, 0.3) is 0 Å². The highest BCUT2D eigenvalue weighted by Gasteiger charge is 2.15. The molecule has 0 atom stereocenters.